The molecule has 3 rings (SSSR count). The number of benzene rings is 2. The van der Waals surface area contributed by atoms with Gasteiger partial charge in [0.15, 0.2) is 5.82 Å². The van der Waals surface area contributed by atoms with Crippen LogP contribution < -0.4 is 14.8 Å². The molecule has 0 saturated carbocycles. The van der Waals surface area contributed by atoms with Gasteiger partial charge < -0.3 is 9.47 Å². The van der Waals surface area contributed by atoms with Crippen LogP contribution in [0.1, 0.15) is 6.92 Å². The van der Waals surface area contributed by atoms with Crippen molar-refractivity contribution >= 4 is 35.2 Å². The topological polar surface area (TPSA) is 89.1 Å². The molecule has 2 N–H and O–H groups in total. The molecule has 7 nitrogen and oxygen atoms in total. The first-order valence-electron chi connectivity index (χ1n) is 8.38. The molecule has 0 saturated heterocycles. The second kappa shape index (κ2) is 8.99. The Hall–Kier alpha value is -2.71. The van der Waals surface area contributed by atoms with Gasteiger partial charge >= 0.3 is 0 Å². The van der Waals surface area contributed by atoms with Crippen molar-refractivity contribution in [2.75, 3.05) is 19.5 Å². The number of methoxy groups -OCH3 is 2. The smallest absolute Gasteiger partial charge is 0.249 e. The van der Waals surface area contributed by atoms with Crippen LogP contribution in [0.2, 0.25) is 5.02 Å². The fourth-order valence-electron chi connectivity index (χ4n) is 2.41. The highest BCUT2D eigenvalue weighted by Crippen LogP contribution is 2.31. The molecule has 146 valence electrons. The molecule has 0 aliphatic carbocycles. The molecule has 0 bridgehead atoms. The average Bonchev–Trinajstić information content (AvgIpc) is 3.17. The Morgan fingerprint density at radius 2 is 1.93 bits per heavy atom. The lowest BCUT2D eigenvalue weighted by atomic mass is 10.2. The van der Waals surface area contributed by atoms with Crippen molar-refractivity contribution in [2.45, 2.75) is 17.1 Å². The van der Waals surface area contributed by atoms with E-state index in [4.69, 9.17) is 21.1 Å². The van der Waals surface area contributed by atoms with Crippen molar-refractivity contribution in [2.24, 2.45) is 0 Å². The van der Waals surface area contributed by atoms with E-state index < -0.39 is 0 Å². The van der Waals surface area contributed by atoms with Crippen LogP contribution in [0, 0.1) is 0 Å². The third-order valence-electron chi connectivity index (χ3n) is 3.88. The number of hydrogen-bond donors (Lipinski definition) is 2. The maximum absolute atomic E-state index is 12.4. The predicted octanol–water partition coefficient (Wildman–Crippen LogP) is 4.26. The molecule has 1 aromatic heterocycles. The first-order chi connectivity index (χ1) is 13.5. The number of aromatic nitrogens is 3. The molecule has 2 aromatic carbocycles. The highest BCUT2D eigenvalue weighted by atomic mass is 35.5. The number of H-pyrrole nitrogens is 1. The van der Waals surface area contributed by atoms with Crippen molar-refractivity contribution in [1.82, 2.24) is 15.2 Å². The minimum Gasteiger partial charge on any atom is -0.497 e. The summed E-state index contributed by atoms with van der Waals surface area (Å²) in [5, 5.41) is 9.93. The Kier molecular flexibility index (Phi) is 6.43. The largest absolute Gasteiger partial charge is 0.497 e. The van der Waals surface area contributed by atoms with Gasteiger partial charge in [0.1, 0.15) is 11.5 Å². The molecule has 0 aliphatic heterocycles. The summed E-state index contributed by atoms with van der Waals surface area (Å²) in [6.45, 7) is 1.81. The van der Waals surface area contributed by atoms with Crippen molar-refractivity contribution < 1.29 is 14.3 Å². The van der Waals surface area contributed by atoms with Gasteiger partial charge in [-0.1, -0.05) is 11.6 Å². The van der Waals surface area contributed by atoms with E-state index in [0.717, 1.165) is 4.90 Å². The number of halogens is 1. The standard InChI is InChI=1S/C19H19ClN4O3S/c1-11(28-14-7-4-12(20)5-8-14)18(25)22-19-21-17(23-24-19)15-9-6-13(26-2)10-16(15)27-3/h4-11H,1-3H3,(H2,21,22,23,24,25). The first-order valence-corrected chi connectivity index (χ1v) is 9.64. The van der Waals surface area contributed by atoms with Crippen molar-refractivity contribution in [3.63, 3.8) is 0 Å². The minimum atomic E-state index is -0.335. The number of anilines is 1. The quantitative estimate of drug-likeness (QED) is 0.557. The van der Waals surface area contributed by atoms with Crippen LogP contribution in [0.25, 0.3) is 11.4 Å². The highest BCUT2D eigenvalue weighted by Gasteiger charge is 2.18. The summed E-state index contributed by atoms with van der Waals surface area (Å²) in [5.74, 6) is 1.73. The summed E-state index contributed by atoms with van der Waals surface area (Å²) < 4.78 is 10.6. The molecule has 28 heavy (non-hydrogen) atoms. The van der Waals surface area contributed by atoms with Crippen LogP contribution in [-0.2, 0) is 4.79 Å². The molecule has 1 amide bonds. The Balaban J connectivity index is 1.68. The van der Waals surface area contributed by atoms with E-state index in [9.17, 15) is 4.79 Å². The zero-order valence-electron chi connectivity index (χ0n) is 15.5. The molecule has 9 heteroatoms. The molecule has 0 aliphatic rings. The number of nitrogens with one attached hydrogen (secondary N) is 2. The first kappa shape index (κ1) is 20.0. The van der Waals surface area contributed by atoms with E-state index in [1.54, 1.807) is 38.5 Å². The lowest BCUT2D eigenvalue weighted by Gasteiger charge is -2.10. The van der Waals surface area contributed by atoms with Gasteiger partial charge in [0.25, 0.3) is 0 Å². The summed E-state index contributed by atoms with van der Waals surface area (Å²) in [5.41, 5.74) is 0.708. The van der Waals surface area contributed by atoms with Gasteiger partial charge in [0.05, 0.1) is 25.0 Å². The van der Waals surface area contributed by atoms with E-state index in [-0.39, 0.29) is 17.1 Å². The van der Waals surface area contributed by atoms with E-state index in [2.05, 4.69) is 20.5 Å². The Morgan fingerprint density at radius 3 is 2.61 bits per heavy atom. The van der Waals surface area contributed by atoms with E-state index in [0.29, 0.717) is 27.9 Å². The Bertz CT molecular complexity index is 962. The molecular formula is C19H19ClN4O3S. The monoisotopic (exact) mass is 418 g/mol. The van der Waals surface area contributed by atoms with Crippen LogP contribution in [0.3, 0.4) is 0 Å². The second-order valence-corrected chi connectivity index (χ2v) is 7.63. The van der Waals surface area contributed by atoms with Gasteiger partial charge in [-0.3, -0.25) is 15.2 Å². The number of thioether (sulfide) groups is 1. The Morgan fingerprint density at radius 1 is 1.18 bits per heavy atom. The fourth-order valence-corrected chi connectivity index (χ4v) is 3.41. The molecular weight excluding hydrogens is 400 g/mol. The molecule has 0 radical (unpaired) electrons. The van der Waals surface area contributed by atoms with E-state index in [1.807, 2.05) is 25.1 Å². The number of nitrogens with zero attached hydrogens (tertiary/aromatic N) is 2. The Labute approximate surface area is 171 Å². The number of carbonyl (C=O) groups excluding carboxylic acids is 1. The molecule has 1 atom stereocenters. The van der Waals surface area contributed by atoms with Crippen LogP contribution in [0.15, 0.2) is 47.4 Å². The van der Waals surface area contributed by atoms with Gasteiger partial charge in [-0.05, 0) is 43.3 Å². The summed E-state index contributed by atoms with van der Waals surface area (Å²) in [6, 6.07) is 12.7. The van der Waals surface area contributed by atoms with Crippen LogP contribution in [-0.4, -0.2) is 40.6 Å². The SMILES string of the molecule is COc1ccc(-c2nc(NC(=O)C(C)Sc3ccc(Cl)cc3)n[nH]2)c(OC)c1. The number of ether oxygens (including phenoxy) is 2. The summed E-state index contributed by atoms with van der Waals surface area (Å²) in [7, 11) is 3.15. The molecule has 0 spiro atoms. The number of carbonyl (C=O) groups is 1. The average molecular weight is 419 g/mol. The number of rotatable bonds is 7. The lowest BCUT2D eigenvalue weighted by molar-refractivity contribution is -0.115. The molecule has 1 unspecified atom stereocenters. The van der Waals surface area contributed by atoms with E-state index >= 15 is 0 Å². The minimum absolute atomic E-state index is 0.196. The second-order valence-electron chi connectivity index (χ2n) is 5.78. The van der Waals surface area contributed by atoms with E-state index in [1.165, 1.54) is 11.8 Å². The lowest BCUT2D eigenvalue weighted by Crippen LogP contribution is -2.23. The summed E-state index contributed by atoms with van der Waals surface area (Å²) in [6.07, 6.45) is 0. The third kappa shape index (κ3) is 4.76. The number of aromatic amines is 1. The number of amides is 1. The maximum Gasteiger partial charge on any atom is 0.249 e. The highest BCUT2D eigenvalue weighted by molar-refractivity contribution is 8.00. The summed E-state index contributed by atoms with van der Waals surface area (Å²) in [4.78, 5) is 17.7. The van der Waals surface area contributed by atoms with Crippen molar-refractivity contribution in [1.29, 1.82) is 0 Å². The van der Waals surface area contributed by atoms with Gasteiger partial charge in [0, 0.05) is 16.0 Å². The van der Waals surface area contributed by atoms with Crippen LogP contribution >= 0.6 is 23.4 Å². The van der Waals surface area contributed by atoms with Crippen molar-refractivity contribution in [3.05, 3.63) is 47.5 Å². The van der Waals surface area contributed by atoms with Gasteiger partial charge in [-0.25, -0.2) is 0 Å². The summed E-state index contributed by atoms with van der Waals surface area (Å²) >= 11 is 7.31. The third-order valence-corrected chi connectivity index (χ3v) is 5.24. The zero-order chi connectivity index (χ0) is 20.1. The van der Waals surface area contributed by atoms with Crippen LogP contribution in [0.5, 0.6) is 11.5 Å². The zero-order valence-corrected chi connectivity index (χ0v) is 17.1. The molecule has 1 heterocycles. The molecule has 0 fully saturated rings. The maximum atomic E-state index is 12.4. The normalized spacial score (nSPS) is 11.7. The predicted molar refractivity (Wildman–Crippen MR) is 110 cm³/mol. The van der Waals surface area contributed by atoms with Gasteiger partial charge in [-0.15, -0.1) is 16.9 Å². The van der Waals surface area contributed by atoms with Gasteiger partial charge in [0.2, 0.25) is 11.9 Å². The van der Waals surface area contributed by atoms with Crippen molar-refractivity contribution in [3.8, 4) is 22.9 Å². The van der Waals surface area contributed by atoms with Gasteiger partial charge in [-0.2, -0.15) is 4.98 Å². The van der Waals surface area contributed by atoms with Crippen LogP contribution in [0.4, 0.5) is 5.95 Å². The number of hydrogen-bond acceptors (Lipinski definition) is 6. The molecule has 3 aromatic rings. The fraction of sp³-hybridized carbons (Fsp3) is 0.211.